The molecule has 0 amide bonds. The number of hydrogen-bond acceptors (Lipinski definition) is 1. The highest BCUT2D eigenvalue weighted by Crippen LogP contribution is 1.91. The van der Waals surface area contributed by atoms with E-state index in [4.69, 9.17) is 0 Å². The molecular formula is C7H16N2. The van der Waals surface area contributed by atoms with Crippen LogP contribution in [0.2, 0.25) is 0 Å². The summed E-state index contributed by atoms with van der Waals surface area (Å²) in [6.45, 7) is 7.30. The zero-order valence-electron chi connectivity index (χ0n) is 6.73. The SMILES string of the molecule is CCN/C(=N\C)C(C)C. The third-order valence-electron chi connectivity index (χ3n) is 1.15. The molecule has 2 nitrogen and oxygen atoms in total. The molecule has 0 atom stereocenters. The monoisotopic (exact) mass is 128 g/mol. The average molecular weight is 128 g/mol. The van der Waals surface area contributed by atoms with Gasteiger partial charge in [0.25, 0.3) is 0 Å². The van der Waals surface area contributed by atoms with Crippen molar-refractivity contribution in [2.24, 2.45) is 10.9 Å². The number of aliphatic imine (C=N–C) groups is 1. The summed E-state index contributed by atoms with van der Waals surface area (Å²) in [5.74, 6) is 1.62. The highest BCUT2D eigenvalue weighted by molar-refractivity contribution is 5.83. The smallest absolute Gasteiger partial charge is 0.0985 e. The van der Waals surface area contributed by atoms with E-state index in [0.29, 0.717) is 5.92 Å². The summed E-state index contributed by atoms with van der Waals surface area (Å²) in [5, 5.41) is 3.18. The summed E-state index contributed by atoms with van der Waals surface area (Å²) >= 11 is 0. The Hall–Kier alpha value is -0.530. The van der Waals surface area contributed by atoms with E-state index < -0.39 is 0 Å². The lowest BCUT2D eigenvalue weighted by Crippen LogP contribution is -2.27. The number of hydrogen-bond donors (Lipinski definition) is 1. The van der Waals surface area contributed by atoms with Gasteiger partial charge in [-0.3, -0.25) is 4.99 Å². The van der Waals surface area contributed by atoms with Crippen molar-refractivity contribution in [1.29, 1.82) is 0 Å². The fourth-order valence-corrected chi connectivity index (χ4v) is 0.722. The van der Waals surface area contributed by atoms with Gasteiger partial charge in [0.2, 0.25) is 0 Å². The molecule has 0 aliphatic carbocycles. The fourth-order valence-electron chi connectivity index (χ4n) is 0.722. The van der Waals surface area contributed by atoms with E-state index in [9.17, 15) is 0 Å². The molecule has 54 valence electrons. The minimum absolute atomic E-state index is 0.523. The van der Waals surface area contributed by atoms with Gasteiger partial charge in [-0.2, -0.15) is 0 Å². The second-order valence-electron chi connectivity index (χ2n) is 2.29. The van der Waals surface area contributed by atoms with E-state index in [0.717, 1.165) is 12.4 Å². The van der Waals surface area contributed by atoms with Crippen LogP contribution in [0, 0.1) is 5.92 Å². The molecular weight excluding hydrogens is 112 g/mol. The van der Waals surface area contributed by atoms with Gasteiger partial charge in [-0.25, -0.2) is 0 Å². The van der Waals surface area contributed by atoms with Gasteiger partial charge in [-0.1, -0.05) is 13.8 Å². The molecule has 0 aliphatic heterocycles. The Kier molecular flexibility index (Phi) is 4.10. The highest BCUT2D eigenvalue weighted by atomic mass is 15.0. The van der Waals surface area contributed by atoms with Gasteiger partial charge in [-0.05, 0) is 6.92 Å². The standard InChI is InChI=1S/C7H16N2/c1-5-9-7(8-4)6(2)3/h6H,5H2,1-4H3,(H,8,9). The lowest BCUT2D eigenvalue weighted by molar-refractivity contribution is 0.802. The Morgan fingerprint density at radius 3 is 2.22 bits per heavy atom. The molecule has 0 bridgehead atoms. The van der Waals surface area contributed by atoms with Crippen LogP contribution in [0.3, 0.4) is 0 Å². The van der Waals surface area contributed by atoms with Gasteiger partial charge in [0.1, 0.15) is 0 Å². The highest BCUT2D eigenvalue weighted by Gasteiger charge is 1.99. The van der Waals surface area contributed by atoms with Crippen molar-refractivity contribution in [2.45, 2.75) is 20.8 Å². The molecule has 0 aromatic heterocycles. The zero-order valence-corrected chi connectivity index (χ0v) is 6.73. The summed E-state index contributed by atoms with van der Waals surface area (Å²) in [7, 11) is 1.82. The van der Waals surface area contributed by atoms with Crippen LogP contribution in [0.25, 0.3) is 0 Å². The molecule has 0 aliphatic rings. The summed E-state index contributed by atoms with van der Waals surface area (Å²) in [5.41, 5.74) is 0. The lowest BCUT2D eigenvalue weighted by atomic mass is 10.2. The maximum atomic E-state index is 4.08. The van der Waals surface area contributed by atoms with Crippen LogP contribution in [-0.2, 0) is 0 Å². The molecule has 0 unspecified atom stereocenters. The van der Waals surface area contributed by atoms with E-state index in [1.165, 1.54) is 0 Å². The zero-order chi connectivity index (χ0) is 7.28. The van der Waals surface area contributed by atoms with Crippen molar-refractivity contribution in [3.05, 3.63) is 0 Å². The van der Waals surface area contributed by atoms with Gasteiger partial charge in [0.15, 0.2) is 0 Å². The van der Waals surface area contributed by atoms with Gasteiger partial charge in [-0.15, -0.1) is 0 Å². The molecule has 0 spiro atoms. The first-order valence-electron chi connectivity index (χ1n) is 3.42. The second-order valence-corrected chi connectivity index (χ2v) is 2.29. The van der Waals surface area contributed by atoms with E-state index >= 15 is 0 Å². The van der Waals surface area contributed by atoms with Crippen molar-refractivity contribution in [1.82, 2.24) is 5.32 Å². The van der Waals surface area contributed by atoms with Crippen LogP contribution in [0.4, 0.5) is 0 Å². The van der Waals surface area contributed by atoms with Crippen molar-refractivity contribution in [3.8, 4) is 0 Å². The molecule has 0 saturated carbocycles. The van der Waals surface area contributed by atoms with Crippen molar-refractivity contribution in [2.75, 3.05) is 13.6 Å². The van der Waals surface area contributed by atoms with Gasteiger partial charge in [0, 0.05) is 19.5 Å². The molecule has 9 heavy (non-hydrogen) atoms. The molecule has 0 heterocycles. The van der Waals surface area contributed by atoms with Crippen molar-refractivity contribution >= 4 is 5.84 Å². The second kappa shape index (κ2) is 4.36. The topological polar surface area (TPSA) is 24.4 Å². The quantitative estimate of drug-likeness (QED) is 0.439. The maximum Gasteiger partial charge on any atom is 0.0985 e. The fraction of sp³-hybridized carbons (Fsp3) is 0.857. The van der Waals surface area contributed by atoms with Gasteiger partial charge in [0.05, 0.1) is 5.84 Å². The predicted octanol–water partition coefficient (Wildman–Crippen LogP) is 1.28. The molecule has 1 N–H and O–H groups in total. The van der Waals surface area contributed by atoms with Crippen molar-refractivity contribution in [3.63, 3.8) is 0 Å². The Morgan fingerprint density at radius 1 is 1.56 bits per heavy atom. The molecule has 0 radical (unpaired) electrons. The molecule has 0 fully saturated rings. The lowest BCUT2D eigenvalue weighted by Gasteiger charge is -2.09. The van der Waals surface area contributed by atoms with Crippen LogP contribution in [0.5, 0.6) is 0 Å². The Balaban J connectivity index is 3.70. The van der Waals surface area contributed by atoms with Crippen LogP contribution < -0.4 is 5.32 Å². The molecule has 2 heteroatoms. The number of nitrogens with one attached hydrogen (secondary N) is 1. The molecule has 0 saturated heterocycles. The van der Waals surface area contributed by atoms with Crippen LogP contribution in [-0.4, -0.2) is 19.4 Å². The Bertz CT molecular complexity index is 95.1. The largest absolute Gasteiger partial charge is 0.374 e. The third-order valence-corrected chi connectivity index (χ3v) is 1.15. The Labute approximate surface area is 57.4 Å². The summed E-state index contributed by atoms with van der Waals surface area (Å²) in [4.78, 5) is 4.08. The molecule has 0 rings (SSSR count). The Morgan fingerprint density at radius 2 is 2.11 bits per heavy atom. The van der Waals surface area contributed by atoms with Crippen LogP contribution in [0.1, 0.15) is 20.8 Å². The number of nitrogens with zero attached hydrogens (tertiary/aromatic N) is 1. The number of amidine groups is 1. The first kappa shape index (κ1) is 8.47. The number of rotatable bonds is 2. The predicted molar refractivity (Wildman–Crippen MR) is 41.9 cm³/mol. The van der Waals surface area contributed by atoms with Crippen LogP contribution in [0.15, 0.2) is 4.99 Å². The molecule has 0 aromatic rings. The van der Waals surface area contributed by atoms with E-state index in [1.807, 2.05) is 7.05 Å². The van der Waals surface area contributed by atoms with Crippen molar-refractivity contribution < 1.29 is 0 Å². The summed E-state index contributed by atoms with van der Waals surface area (Å²) in [6.07, 6.45) is 0. The summed E-state index contributed by atoms with van der Waals surface area (Å²) < 4.78 is 0. The van der Waals surface area contributed by atoms with E-state index in [2.05, 4.69) is 31.1 Å². The van der Waals surface area contributed by atoms with Gasteiger partial charge < -0.3 is 5.32 Å². The molecule has 0 aromatic carbocycles. The first-order valence-corrected chi connectivity index (χ1v) is 3.42. The summed E-state index contributed by atoms with van der Waals surface area (Å²) in [6, 6.07) is 0. The average Bonchev–Trinajstić information content (AvgIpc) is 1.82. The van der Waals surface area contributed by atoms with Crippen LogP contribution >= 0.6 is 0 Å². The maximum absolute atomic E-state index is 4.08. The van der Waals surface area contributed by atoms with Gasteiger partial charge >= 0.3 is 0 Å². The minimum atomic E-state index is 0.523. The third kappa shape index (κ3) is 3.12. The normalized spacial score (nSPS) is 12.3. The first-order chi connectivity index (χ1) is 4.22. The van der Waals surface area contributed by atoms with E-state index in [1.54, 1.807) is 0 Å². The minimum Gasteiger partial charge on any atom is -0.374 e. The van der Waals surface area contributed by atoms with E-state index in [-0.39, 0.29) is 0 Å².